The van der Waals surface area contributed by atoms with Crippen molar-refractivity contribution in [2.24, 2.45) is 0 Å². The van der Waals surface area contributed by atoms with Crippen LogP contribution in [0.15, 0.2) is 24.5 Å². The van der Waals surface area contributed by atoms with Crippen molar-refractivity contribution in [1.29, 1.82) is 0 Å². The number of alkyl carbamates (subject to hydrolysis) is 1. The predicted molar refractivity (Wildman–Crippen MR) is 99.5 cm³/mol. The van der Waals surface area contributed by atoms with Gasteiger partial charge in [-0.15, -0.1) is 5.10 Å². The molecule has 0 radical (unpaired) electrons. The number of ether oxygens (including phenoxy) is 1. The van der Waals surface area contributed by atoms with Gasteiger partial charge in [0.15, 0.2) is 0 Å². The van der Waals surface area contributed by atoms with Crippen molar-refractivity contribution in [2.75, 3.05) is 0 Å². The molecule has 0 aliphatic carbocycles. The highest BCUT2D eigenvalue weighted by Crippen LogP contribution is 2.19. The Morgan fingerprint density at radius 2 is 2.07 bits per heavy atom. The molecule has 1 heterocycles. The van der Waals surface area contributed by atoms with Crippen LogP contribution in [-0.4, -0.2) is 43.9 Å². The van der Waals surface area contributed by atoms with Crippen molar-refractivity contribution in [3.05, 3.63) is 35.1 Å². The van der Waals surface area contributed by atoms with Crippen molar-refractivity contribution < 1.29 is 14.3 Å². The van der Waals surface area contributed by atoms with Gasteiger partial charge in [0.25, 0.3) is 0 Å². The Kier molecular flexibility index (Phi) is 6.73. The lowest BCUT2D eigenvalue weighted by Crippen LogP contribution is -2.47. The minimum absolute atomic E-state index is 0.196. The number of nitrogens with one attached hydrogen (secondary N) is 2. The van der Waals surface area contributed by atoms with E-state index >= 15 is 0 Å². The van der Waals surface area contributed by atoms with Gasteiger partial charge < -0.3 is 15.4 Å². The van der Waals surface area contributed by atoms with Gasteiger partial charge in [0, 0.05) is 11.6 Å². The lowest BCUT2D eigenvalue weighted by molar-refractivity contribution is -0.123. The molecule has 2 aromatic rings. The summed E-state index contributed by atoms with van der Waals surface area (Å²) in [5, 5.41) is 17.0. The first-order valence-corrected chi connectivity index (χ1v) is 8.86. The molecule has 1 aromatic heterocycles. The molecule has 0 aliphatic heterocycles. The highest BCUT2D eigenvalue weighted by Gasteiger charge is 2.23. The highest BCUT2D eigenvalue weighted by molar-refractivity contribution is 6.30. The minimum Gasteiger partial charge on any atom is -0.444 e. The van der Waals surface area contributed by atoms with Gasteiger partial charge in [0.05, 0.1) is 5.69 Å². The Morgan fingerprint density at radius 3 is 2.67 bits per heavy atom. The molecule has 0 fully saturated rings. The Balaban J connectivity index is 2.04. The molecule has 0 bridgehead atoms. The summed E-state index contributed by atoms with van der Waals surface area (Å²) in [5.74, 6) is -0.328. The summed E-state index contributed by atoms with van der Waals surface area (Å²) < 4.78 is 6.67. The van der Waals surface area contributed by atoms with Crippen molar-refractivity contribution in [3.8, 4) is 5.69 Å². The van der Waals surface area contributed by atoms with E-state index in [1.807, 2.05) is 0 Å². The third-order valence-corrected chi connectivity index (χ3v) is 3.74. The molecule has 1 unspecified atom stereocenters. The molecule has 2 rings (SSSR count). The zero-order valence-corrected chi connectivity index (χ0v) is 16.4. The number of nitrogens with zero attached hydrogens (tertiary/aromatic N) is 4. The molecule has 1 aromatic carbocycles. The second-order valence-electron chi connectivity index (χ2n) is 6.85. The molecule has 10 heteroatoms. The Bertz CT molecular complexity index is 788. The first kappa shape index (κ1) is 20.6. The Morgan fingerprint density at radius 1 is 1.33 bits per heavy atom. The molecular weight excluding hydrogens is 372 g/mol. The number of amides is 2. The third kappa shape index (κ3) is 6.21. The maximum atomic E-state index is 12.5. The number of aromatic nitrogens is 4. The quantitative estimate of drug-likeness (QED) is 0.777. The lowest BCUT2D eigenvalue weighted by atomic mass is 10.1. The molecular formula is C17H23ClN6O3. The van der Waals surface area contributed by atoms with Gasteiger partial charge in [-0.05, 0) is 61.4 Å². The maximum Gasteiger partial charge on any atom is 0.408 e. The molecule has 0 saturated carbocycles. The van der Waals surface area contributed by atoms with Crippen molar-refractivity contribution >= 4 is 23.6 Å². The zero-order valence-electron chi connectivity index (χ0n) is 15.7. The van der Waals surface area contributed by atoms with Gasteiger partial charge in [-0.1, -0.05) is 18.5 Å². The van der Waals surface area contributed by atoms with E-state index in [1.165, 1.54) is 11.0 Å². The average Bonchev–Trinajstić information content (AvgIpc) is 3.10. The summed E-state index contributed by atoms with van der Waals surface area (Å²) in [7, 11) is 0. The summed E-state index contributed by atoms with van der Waals surface area (Å²) in [4.78, 5) is 24.4. The van der Waals surface area contributed by atoms with Gasteiger partial charge in [-0.2, -0.15) is 0 Å². The summed E-state index contributed by atoms with van der Waals surface area (Å²) in [5.41, 5.74) is 0.786. The molecule has 0 aliphatic rings. The van der Waals surface area contributed by atoms with Gasteiger partial charge in [-0.3, -0.25) is 4.79 Å². The first-order chi connectivity index (χ1) is 12.7. The number of halogens is 1. The second kappa shape index (κ2) is 8.81. The Hall–Kier alpha value is -2.68. The van der Waals surface area contributed by atoms with E-state index in [0.717, 1.165) is 5.56 Å². The van der Waals surface area contributed by atoms with E-state index in [-0.39, 0.29) is 12.5 Å². The summed E-state index contributed by atoms with van der Waals surface area (Å²) >= 11 is 6.07. The highest BCUT2D eigenvalue weighted by atomic mass is 35.5. The third-order valence-electron chi connectivity index (χ3n) is 3.51. The van der Waals surface area contributed by atoms with Crippen LogP contribution in [0.5, 0.6) is 0 Å². The number of hydrogen-bond acceptors (Lipinski definition) is 6. The zero-order chi connectivity index (χ0) is 20.0. The molecule has 2 N–H and O–H groups in total. The molecule has 2 amide bonds. The van der Waals surface area contributed by atoms with E-state index < -0.39 is 17.7 Å². The monoisotopic (exact) mass is 394 g/mol. The smallest absolute Gasteiger partial charge is 0.408 e. The predicted octanol–water partition coefficient (Wildman–Crippen LogP) is 2.24. The fourth-order valence-electron chi connectivity index (χ4n) is 2.30. The van der Waals surface area contributed by atoms with Crippen LogP contribution in [-0.2, 0) is 16.1 Å². The molecule has 0 spiro atoms. The van der Waals surface area contributed by atoms with E-state index in [9.17, 15) is 9.59 Å². The van der Waals surface area contributed by atoms with Crippen LogP contribution < -0.4 is 10.6 Å². The van der Waals surface area contributed by atoms with E-state index in [1.54, 1.807) is 45.9 Å². The average molecular weight is 395 g/mol. The fourth-order valence-corrected chi connectivity index (χ4v) is 2.49. The van der Waals surface area contributed by atoms with Crippen LogP contribution in [0, 0.1) is 0 Å². The van der Waals surface area contributed by atoms with Crippen LogP contribution in [0.25, 0.3) is 5.69 Å². The molecule has 9 nitrogen and oxygen atoms in total. The van der Waals surface area contributed by atoms with E-state index in [4.69, 9.17) is 16.3 Å². The number of carbonyl (C=O) groups excluding carboxylic acids is 2. The van der Waals surface area contributed by atoms with E-state index in [2.05, 4.69) is 26.2 Å². The summed E-state index contributed by atoms with van der Waals surface area (Å²) in [6.45, 7) is 7.27. The van der Waals surface area contributed by atoms with Crippen LogP contribution in [0.2, 0.25) is 5.02 Å². The lowest BCUT2D eigenvalue weighted by Gasteiger charge is -2.22. The number of benzene rings is 1. The van der Waals surface area contributed by atoms with E-state index in [0.29, 0.717) is 17.1 Å². The van der Waals surface area contributed by atoms with Crippen molar-refractivity contribution in [2.45, 2.75) is 52.3 Å². The van der Waals surface area contributed by atoms with Crippen LogP contribution in [0.1, 0.15) is 39.7 Å². The summed E-state index contributed by atoms with van der Waals surface area (Å²) in [6, 6.07) is 4.48. The van der Waals surface area contributed by atoms with Crippen molar-refractivity contribution in [1.82, 2.24) is 30.8 Å². The van der Waals surface area contributed by atoms with Gasteiger partial charge in [0.1, 0.15) is 18.0 Å². The van der Waals surface area contributed by atoms with Crippen LogP contribution >= 0.6 is 11.6 Å². The molecule has 0 saturated heterocycles. The largest absolute Gasteiger partial charge is 0.444 e. The van der Waals surface area contributed by atoms with Crippen LogP contribution in [0.3, 0.4) is 0 Å². The number of hydrogen-bond donors (Lipinski definition) is 2. The second-order valence-corrected chi connectivity index (χ2v) is 7.29. The molecule has 1 atom stereocenters. The number of rotatable bonds is 6. The normalized spacial score (nSPS) is 12.3. The minimum atomic E-state index is -0.712. The van der Waals surface area contributed by atoms with Crippen molar-refractivity contribution in [3.63, 3.8) is 0 Å². The first-order valence-electron chi connectivity index (χ1n) is 8.48. The van der Waals surface area contributed by atoms with Gasteiger partial charge >= 0.3 is 6.09 Å². The standard InChI is InChI=1S/C17H23ClN6O3/c1-5-13(21-16(26)27-17(2,3)4)15(25)19-9-11-8-12(18)6-7-14(11)24-10-20-22-23-24/h6-8,10,13H,5,9H2,1-4H3,(H,19,25)(H,21,26). The SMILES string of the molecule is CCC(NC(=O)OC(C)(C)C)C(=O)NCc1cc(Cl)ccc1-n1cnnn1. The fraction of sp³-hybridized carbons (Fsp3) is 0.471. The topological polar surface area (TPSA) is 111 Å². The number of tetrazole rings is 1. The van der Waals surface area contributed by atoms with Crippen LogP contribution in [0.4, 0.5) is 4.79 Å². The Labute approximate surface area is 162 Å². The van der Waals surface area contributed by atoms with Gasteiger partial charge in [0.2, 0.25) is 5.91 Å². The van der Waals surface area contributed by atoms with Gasteiger partial charge in [-0.25, -0.2) is 9.48 Å². The maximum absolute atomic E-state index is 12.5. The number of carbonyl (C=O) groups is 2. The molecule has 27 heavy (non-hydrogen) atoms. The molecule has 146 valence electrons. The summed E-state index contributed by atoms with van der Waals surface area (Å²) in [6.07, 6.45) is 1.23.